The van der Waals surface area contributed by atoms with Crippen molar-refractivity contribution >= 4 is 40.7 Å². The smallest absolute Gasteiger partial charge is 0.257 e. The zero-order chi connectivity index (χ0) is 25.2. The molecule has 0 radical (unpaired) electrons. The van der Waals surface area contributed by atoms with Crippen LogP contribution in [0.25, 0.3) is 0 Å². The average Bonchev–Trinajstić information content (AvgIpc) is 3.13. The Balaban J connectivity index is 1.36. The highest BCUT2D eigenvalue weighted by Crippen LogP contribution is 2.40. The molecule has 1 aliphatic heterocycles. The summed E-state index contributed by atoms with van der Waals surface area (Å²) in [6.45, 7) is 1.96. The van der Waals surface area contributed by atoms with Crippen LogP contribution in [0.4, 0.5) is 17.1 Å². The van der Waals surface area contributed by atoms with E-state index in [2.05, 4.69) is 10.6 Å². The minimum Gasteiger partial charge on any atom is -0.322 e. The summed E-state index contributed by atoms with van der Waals surface area (Å²) in [6, 6.07) is 22.3. The molecule has 0 aromatic heterocycles. The molecule has 3 aromatic rings. The molecule has 0 saturated carbocycles. The minimum absolute atomic E-state index is 0.210. The van der Waals surface area contributed by atoms with Crippen LogP contribution in [0.5, 0.6) is 0 Å². The van der Waals surface area contributed by atoms with Gasteiger partial charge in [0.25, 0.3) is 11.8 Å². The maximum absolute atomic E-state index is 13.3. The van der Waals surface area contributed by atoms with E-state index in [-0.39, 0.29) is 29.0 Å². The first-order valence-corrected chi connectivity index (χ1v) is 11.8. The van der Waals surface area contributed by atoms with Gasteiger partial charge in [-0.15, -0.1) is 0 Å². The van der Waals surface area contributed by atoms with Crippen LogP contribution < -0.4 is 15.5 Å². The van der Waals surface area contributed by atoms with E-state index in [0.29, 0.717) is 29.8 Å². The second-order valence-electron chi connectivity index (χ2n) is 9.09. The molecule has 0 bridgehead atoms. The third kappa shape index (κ3) is 4.43. The van der Waals surface area contributed by atoms with E-state index in [1.165, 1.54) is 4.90 Å². The topological polar surface area (TPSA) is 95.6 Å². The predicted molar refractivity (Wildman–Crippen MR) is 138 cm³/mol. The number of amides is 4. The highest BCUT2D eigenvalue weighted by molar-refractivity contribution is 6.25. The van der Waals surface area contributed by atoms with Crippen molar-refractivity contribution in [2.24, 2.45) is 11.8 Å². The van der Waals surface area contributed by atoms with E-state index in [9.17, 15) is 19.2 Å². The van der Waals surface area contributed by atoms with Gasteiger partial charge < -0.3 is 10.6 Å². The summed E-state index contributed by atoms with van der Waals surface area (Å²) < 4.78 is 0. The SMILES string of the molecule is CC1=CC[C@H]2C(=O)N(c3ccccc3C(=O)Nc3cccc(C(=O)Nc4ccccc4)c3)C(=O)[C@H]2C1. The summed E-state index contributed by atoms with van der Waals surface area (Å²) in [7, 11) is 0. The minimum atomic E-state index is -0.476. The Bertz CT molecular complexity index is 1400. The largest absolute Gasteiger partial charge is 0.322 e. The third-order valence-corrected chi connectivity index (χ3v) is 6.63. The lowest BCUT2D eigenvalue weighted by molar-refractivity contribution is -0.122. The number of nitrogens with zero attached hydrogens (tertiary/aromatic N) is 1. The van der Waals surface area contributed by atoms with E-state index in [1.807, 2.05) is 31.2 Å². The Morgan fingerprint density at radius 1 is 0.778 bits per heavy atom. The van der Waals surface area contributed by atoms with E-state index < -0.39 is 17.7 Å². The van der Waals surface area contributed by atoms with Crippen LogP contribution in [0.1, 0.15) is 40.5 Å². The van der Waals surface area contributed by atoms with Crippen LogP contribution in [0.2, 0.25) is 0 Å². The molecule has 4 amide bonds. The van der Waals surface area contributed by atoms with Crippen LogP contribution in [-0.2, 0) is 9.59 Å². The molecule has 0 unspecified atom stereocenters. The summed E-state index contributed by atoms with van der Waals surface area (Å²) in [4.78, 5) is 53.5. The number of anilines is 3. The Labute approximate surface area is 208 Å². The van der Waals surface area contributed by atoms with Gasteiger partial charge in [0, 0.05) is 16.9 Å². The Morgan fingerprint density at radius 2 is 1.44 bits per heavy atom. The van der Waals surface area contributed by atoms with Gasteiger partial charge in [0.15, 0.2) is 0 Å². The van der Waals surface area contributed by atoms with Gasteiger partial charge in [-0.2, -0.15) is 0 Å². The molecule has 7 heteroatoms. The number of hydrogen-bond acceptors (Lipinski definition) is 4. The van der Waals surface area contributed by atoms with Gasteiger partial charge in [-0.25, -0.2) is 4.90 Å². The van der Waals surface area contributed by atoms with Crippen molar-refractivity contribution in [3.63, 3.8) is 0 Å². The van der Waals surface area contributed by atoms with Gasteiger partial charge in [0.05, 0.1) is 23.1 Å². The van der Waals surface area contributed by atoms with E-state index >= 15 is 0 Å². The van der Waals surface area contributed by atoms with E-state index in [1.54, 1.807) is 60.7 Å². The number of rotatable bonds is 5. The van der Waals surface area contributed by atoms with Crippen molar-refractivity contribution in [3.05, 3.63) is 102 Å². The summed E-state index contributed by atoms with van der Waals surface area (Å²) in [5, 5.41) is 5.62. The van der Waals surface area contributed by atoms with E-state index in [0.717, 1.165) is 5.57 Å². The molecule has 3 aromatic carbocycles. The van der Waals surface area contributed by atoms with Crippen LogP contribution in [-0.4, -0.2) is 23.6 Å². The van der Waals surface area contributed by atoms with Crippen molar-refractivity contribution in [2.45, 2.75) is 19.8 Å². The van der Waals surface area contributed by atoms with Crippen LogP contribution >= 0.6 is 0 Å². The Hall–Kier alpha value is -4.52. The summed E-state index contributed by atoms with van der Waals surface area (Å²) in [6.07, 6.45) is 3.09. The van der Waals surface area contributed by atoms with Gasteiger partial charge in [-0.3, -0.25) is 19.2 Å². The van der Waals surface area contributed by atoms with Crippen molar-refractivity contribution in [2.75, 3.05) is 15.5 Å². The standard InChI is InChI=1S/C29H25N3O4/c1-18-14-15-22-24(16-18)29(36)32(28(22)35)25-13-6-5-12-23(25)27(34)31-21-11-7-8-19(17-21)26(33)30-20-9-3-2-4-10-20/h2-14,17,22,24H,15-16H2,1H3,(H,30,33)(H,31,34)/t22-,24+/m1/s1. The molecule has 1 saturated heterocycles. The second kappa shape index (κ2) is 9.62. The van der Waals surface area contributed by atoms with Gasteiger partial charge in [-0.1, -0.05) is 48.0 Å². The number of para-hydroxylation sites is 2. The molecule has 36 heavy (non-hydrogen) atoms. The fraction of sp³-hybridized carbons (Fsp3) is 0.172. The van der Waals surface area contributed by atoms with Crippen molar-refractivity contribution in [1.29, 1.82) is 0 Å². The number of imide groups is 1. The Kier molecular flexibility index (Phi) is 6.21. The lowest BCUT2D eigenvalue weighted by Gasteiger charge is -2.19. The molecule has 5 rings (SSSR count). The fourth-order valence-corrected chi connectivity index (χ4v) is 4.80. The number of allylic oxidation sites excluding steroid dienone is 2. The molecular formula is C29H25N3O4. The van der Waals surface area contributed by atoms with Gasteiger partial charge in [0.1, 0.15) is 0 Å². The highest BCUT2D eigenvalue weighted by Gasteiger charge is 2.49. The zero-order valence-electron chi connectivity index (χ0n) is 19.7. The molecule has 7 nitrogen and oxygen atoms in total. The molecule has 1 aliphatic carbocycles. The number of carbonyl (C=O) groups excluding carboxylic acids is 4. The van der Waals surface area contributed by atoms with Gasteiger partial charge in [-0.05, 0) is 62.2 Å². The first kappa shape index (κ1) is 23.2. The number of carbonyl (C=O) groups is 4. The molecule has 180 valence electrons. The Morgan fingerprint density at radius 3 is 2.25 bits per heavy atom. The van der Waals surface area contributed by atoms with Gasteiger partial charge in [0.2, 0.25) is 11.8 Å². The lowest BCUT2D eigenvalue weighted by Crippen LogP contribution is -2.33. The van der Waals surface area contributed by atoms with E-state index in [4.69, 9.17) is 0 Å². The fourth-order valence-electron chi connectivity index (χ4n) is 4.80. The van der Waals surface area contributed by atoms with Crippen molar-refractivity contribution in [1.82, 2.24) is 0 Å². The number of fused-ring (bicyclic) bond motifs is 1. The van der Waals surface area contributed by atoms with Crippen molar-refractivity contribution < 1.29 is 19.2 Å². The predicted octanol–water partition coefficient (Wildman–Crippen LogP) is 5.04. The van der Waals surface area contributed by atoms with Gasteiger partial charge >= 0.3 is 0 Å². The maximum Gasteiger partial charge on any atom is 0.257 e. The molecule has 1 heterocycles. The summed E-state index contributed by atoms with van der Waals surface area (Å²) >= 11 is 0. The summed E-state index contributed by atoms with van der Waals surface area (Å²) in [5.41, 5.74) is 3.04. The molecule has 2 N–H and O–H groups in total. The van der Waals surface area contributed by atoms with Crippen LogP contribution in [0, 0.1) is 11.8 Å². The zero-order valence-corrected chi connectivity index (χ0v) is 19.7. The first-order valence-electron chi connectivity index (χ1n) is 11.8. The lowest BCUT2D eigenvalue weighted by atomic mass is 9.82. The molecule has 1 fully saturated rings. The van der Waals surface area contributed by atoms with Crippen LogP contribution in [0.15, 0.2) is 90.5 Å². The molecular weight excluding hydrogens is 454 g/mol. The number of hydrogen-bond donors (Lipinski definition) is 2. The normalized spacial score (nSPS) is 18.9. The first-order chi connectivity index (χ1) is 17.4. The third-order valence-electron chi connectivity index (χ3n) is 6.63. The quantitative estimate of drug-likeness (QED) is 0.396. The average molecular weight is 480 g/mol. The number of benzene rings is 3. The number of nitrogens with one attached hydrogen (secondary N) is 2. The second-order valence-corrected chi connectivity index (χ2v) is 9.09. The summed E-state index contributed by atoms with van der Waals surface area (Å²) in [5.74, 6) is -2.10. The highest BCUT2D eigenvalue weighted by atomic mass is 16.2. The van der Waals surface area contributed by atoms with Crippen LogP contribution in [0.3, 0.4) is 0 Å². The maximum atomic E-state index is 13.3. The molecule has 2 aliphatic rings. The molecule has 2 atom stereocenters. The monoisotopic (exact) mass is 479 g/mol. The van der Waals surface area contributed by atoms with Crippen molar-refractivity contribution in [3.8, 4) is 0 Å². The molecule has 0 spiro atoms.